The molecule has 1 fully saturated rings. The molecule has 3 heterocycles. The van der Waals surface area contributed by atoms with Gasteiger partial charge in [0.15, 0.2) is 16.6 Å². The zero-order valence-corrected chi connectivity index (χ0v) is 13.4. The van der Waals surface area contributed by atoms with Crippen molar-refractivity contribution in [2.24, 2.45) is 0 Å². The Hall–Kier alpha value is -1.57. The number of aromatic nitrogens is 1. The molecule has 4 rings (SSSR count). The lowest BCUT2D eigenvalue weighted by Gasteiger charge is -2.17. The average molecular weight is 342 g/mol. The van der Waals surface area contributed by atoms with Crippen LogP contribution in [0.5, 0.6) is 11.5 Å². The molecular weight excluding hydrogens is 326 g/mol. The molecule has 1 unspecified atom stereocenters. The standard InChI is InChI=1S/C14H15N3O3S.ClH/c18-13(8-2-1-3-15-8)17-14-16-9-6-10-11(7-12(9)21-14)20-5-4-19-10;/h6-8,15H,1-5H2,(H,16,17,18);1H. The maximum atomic E-state index is 12.1. The maximum Gasteiger partial charge on any atom is 0.243 e. The second-order valence-corrected chi connectivity index (χ2v) is 6.15. The van der Waals surface area contributed by atoms with Crippen molar-refractivity contribution < 1.29 is 14.3 Å². The molecule has 0 aliphatic carbocycles. The summed E-state index contributed by atoms with van der Waals surface area (Å²) >= 11 is 1.45. The fraction of sp³-hybridized carbons (Fsp3) is 0.429. The molecule has 118 valence electrons. The number of amides is 1. The number of hydrogen-bond acceptors (Lipinski definition) is 6. The van der Waals surface area contributed by atoms with E-state index in [1.165, 1.54) is 11.3 Å². The van der Waals surface area contributed by atoms with Gasteiger partial charge in [-0.3, -0.25) is 4.79 Å². The highest BCUT2D eigenvalue weighted by Crippen LogP contribution is 2.37. The molecule has 1 saturated heterocycles. The van der Waals surface area contributed by atoms with Crippen molar-refractivity contribution in [1.29, 1.82) is 0 Å². The lowest BCUT2D eigenvalue weighted by molar-refractivity contribution is -0.117. The molecule has 1 aromatic heterocycles. The molecule has 8 heteroatoms. The van der Waals surface area contributed by atoms with Gasteiger partial charge in [-0.05, 0) is 19.4 Å². The van der Waals surface area contributed by atoms with Crippen LogP contribution in [0.3, 0.4) is 0 Å². The number of rotatable bonds is 2. The smallest absolute Gasteiger partial charge is 0.243 e. The first kappa shape index (κ1) is 15.3. The van der Waals surface area contributed by atoms with E-state index in [1.54, 1.807) is 0 Å². The van der Waals surface area contributed by atoms with E-state index in [9.17, 15) is 4.79 Å². The van der Waals surface area contributed by atoms with Gasteiger partial charge < -0.3 is 20.1 Å². The largest absolute Gasteiger partial charge is 0.486 e. The number of carbonyl (C=O) groups excluding carboxylic acids is 1. The number of hydrogen-bond donors (Lipinski definition) is 2. The van der Waals surface area contributed by atoms with Crippen LogP contribution in [-0.2, 0) is 4.79 Å². The highest BCUT2D eigenvalue weighted by Gasteiger charge is 2.23. The molecule has 22 heavy (non-hydrogen) atoms. The summed E-state index contributed by atoms with van der Waals surface area (Å²) in [6.45, 7) is 2.02. The molecule has 2 N–H and O–H groups in total. The number of anilines is 1. The summed E-state index contributed by atoms with van der Waals surface area (Å²) in [7, 11) is 0. The van der Waals surface area contributed by atoms with Gasteiger partial charge in [0.05, 0.1) is 16.3 Å². The zero-order valence-electron chi connectivity index (χ0n) is 11.8. The molecule has 1 amide bonds. The summed E-state index contributed by atoms with van der Waals surface area (Å²) in [5.41, 5.74) is 0.818. The number of ether oxygens (including phenoxy) is 2. The SMILES string of the molecule is Cl.O=C(Nc1nc2cc3c(cc2s1)OCCO3)C1CCCN1. The van der Waals surface area contributed by atoms with E-state index >= 15 is 0 Å². The molecule has 6 nitrogen and oxygen atoms in total. The Kier molecular flexibility index (Phi) is 4.37. The van der Waals surface area contributed by atoms with E-state index in [1.807, 2.05) is 12.1 Å². The first-order valence-electron chi connectivity index (χ1n) is 7.04. The van der Waals surface area contributed by atoms with Crippen molar-refractivity contribution in [2.75, 3.05) is 25.1 Å². The predicted molar refractivity (Wildman–Crippen MR) is 87.5 cm³/mol. The molecular formula is C14H16ClN3O3S. The third-order valence-electron chi connectivity index (χ3n) is 3.66. The third-order valence-corrected chi connectivity index (χ3v) is 4.59. The lowest BCUT2D eigenvalue weighted by Crippen LogP contribution is -2.35. The fourth-order valence-corrected chi connectivity index (χ4v) is 3.50. The number of nitrogens with zero attached hydrogens (tertiary/aromatic N) is 1. The van der Waals surface area contributed by atoms with Crippen LogP contribution in [0.15, 0.2) is 12.1 Å². The molecule has 0 spiro atoms. The van der Waals surface area contributed by atoms with Crippen LogP contribution in [0.1, 0.15) is 12.8 Å². The van der Waals surface area contributed by atoms with Crippen LogP contribution in [0, 0.1) is 0 Å². The number of carbonyl (C=O) groups is 1. The first-order valence-corrected chi connectivity index (χ1v) is 7.86. The average Bonchev–Trinajstić information content (AvgIpc) is 3.13. The Balaban J connectivity index is 0.00000144. The Morgan fingerprint density at radius 3 is 2.82 bits per heavy atom. The van der Waals surface area contributed by atoms with Crippen molar-refractivity contribution in [1.82, 2.24) is 10.3 Å². The maximum absolute atomic E-state index is 12.1. The molecule has 0 saturated carbocycles. The van der Waals surface area contributed by atoms with Crippen LogP contribution in [0.2, 0.25) is 0 Å². The Morgan fingerprint density at radius 2 is 2.09 bits per heavy atom. The van der Waals surface area contributed by atoms with Gasteiger partial charge in [-0.15, -0.1) is 12.4 Å². The van der Waals surface area contributed by atoms with Crippen molar-refractivity contribution in [2.45, 2.75) is 18.9 Å². The van der Waals surface area contributed by atoms with Crippen molar-refractivity contribution in [3.05, 3.63) is 12.1 Å². The number of nitrogens with one attached hydrogen (secondary N) is 2. The van der Waals surface area contributed by atoms with Crippen molar-refractivity contribution >= 4 is 45.0 Å². The monoisotopic (exact) mass is 341 g/mol. The number of thiazole rings is 1. The number of fused-ring (bicyclic) bond motifs is 2. The highest BCUT2D eigenvalue weighted by molar-refractivity contribution is 7.22. The molecule has 2 aliphatic rings. The van der Waals surface area contributed by atoms with Gasteiger partial charge >= 0.3 is 0 Å². The predicted octanol–water partition coefficient (Wildman–Crippen LogP) is 2.18. The zero-order chi connectivity index (χ0) is 14.2. The van der Waals surface area contributed by atoms with Gasteiger partial charge in [-0.2, -0.15) is 0 Å². The topological polar surface area (TPSA) is 72.5 Å². The quantitative estimate of drug-likeness (QED) is 0.876. The van der Waals surface area contributed by atoms with Crippen molar-refractivity contribution in [3.8, 4) is 11.5 Å². The molecule has 2 aromatic rings. The van der Waals surface area contributed by atoms with Gasteiger partial charge in [0.2, 0.25) is 5.91 Å². The van der Waals surface area contributed by atoms with Gasteiger partial charge in [0, 0.05) is 12.1 Å². The van der Waals surface area contributed by atoms with Gasteiger partial charge in [0.1, 0.15) is 13.2 Å². The van der Waals surface area contributed by atoms with Crippen LogP contribution in [-0.4, -0.2) is 36.7 Å². The molecule has 0 bridgehead atoms. The second kappa shape index (κ2) is 6.28. The first-order chi connectivity index (χ1) is 10.3. The normalized spacial score (nSPS) is 19.7. The van der Waals surface area contributed by atoms with Gasteiger partial charge in [-0.25, -0.2) is 4.98 Å². The van der Waals surface area contributed by atoms with E-state index in [4.69, 9.17) is 9.47 Å². The van der Waals surface area contributed by atoms with E-state index < -0.39 is 0 Å². The van der Waals surface area contributed by atoms with Gasteiger partial charge in [-0.1, -0.05) is 11.3 Å². The third kappa shape index (κ3) is 2.84. The second-order valence-electron chi connectivity index (χ2n) is 5.12. The van der Waals surface area contributed by atoms with Gasteiger partial charge in [0.25, 0.3) is 0 Å². The molecule has 2 aliphatic heterocycles. The fourth-order valence-electron chi connectivity index (χ4n) is 2.62. The Labute approximate surface area is 137 Å². The minimum Gasteiger partial charge on any atom is -0.486 e. The lowest BCUT2D eigenvalue weighted by atomic mass is 10.2. The summed E-state index contributed by atoms with van der Waals surface area (Å²) in [5, 5.41) is 6.68. The van der Waals surface area contributed by atoms with Crippen LogP contribution in [0.4, 0.5) is 5.13 Å². The minimum atomic E-state index is -0.100. The van der Waals surface area contributed by atoms with Crippen molar-refractivity contribution in [3.63, 3.8) is 0 Å². The van der Waals surface area contributed by atoms with Crippen LogP contribution in [0.25, 0.3) is 10.2 Å². The summed E-state index contributed by atoms with van der Waals surface area (Å²) in [4.78, 5) is 16.5. The van der Waals surface area contributed by atoms with E-state index in [-0.39, 0.29) is 24.4 Å². The molecule has 0 radical (unpaired) electrons. The Bertz CT molecular complexity index is 657. The summed E-state index contributed by atoms with van der Waals surface area (Å²) in [6, 6.07) is 3.69. The molecule has 1 atom stereocenters. The van der Waals surface area contributed by atoms with E-state index in [0.29, 0.717) is 18.3 Å². The summed E-state index contributed by atoms with van der Waals surface area (Å²) in [6.07, 6.45) is 1.92. The van der Waals surface area contributed by atoms with Crippen LogP contribution >= 0.6 is 23.7 Å². The number of benzene rings is 1. The van der Waals surface area contributed by atoms with Crippen LogP contribution < -0.4 is 20.1 Å². The summed E-state index contributed by atoms with van der Waals surface area (Å²) in [5.74, 6) is 1.45. The molecule has 1 aromatic carbocycles. The van der Waals surface area contributed by atoms with E-state index in [2.05, 4.69) is 15.6 Å². The highest BCUT2D eigenvalue weighted by atomic mass is 35.5. The Morgan fingerprint density at radius 1 is 1.32 bits per heavy atom. The van der Waals surface area contributed by atoms with E-state index in [0.717, 1.165) is 41.1 Å². The minimum absolute atomic E-state index is 0. The number of halogens is 1. The summed E-state index contributed by atoms with van der Waals surface area (Å²) < 4.78 is 12.1.